The number of urea groups is 1. The molecule has 0 radical (unpaired) electrons. The third-order valence-corrected chi connectivity index (χ3v) is 3.97. The highest BCUT2D eigenvalue weighted by Crippen LogP contribution is 2.24. The number of hydrogen-bond donors (Lipinski definition) is 3. The Balaban J connectivity index is 1.83. The smallest absolute Gasteiger partial charge is 0.315 e. The highest BCUT2D eigenvalue weighted by Gasteiger charge is 2.31. The van der Waals surface area contributed by atoms with Gasteiger partial charge in [-0.25, -0.2) is 4.79 Å². The van der Waals surface area contributed by atoms with E-state index in [1.165, 1.54) is 5.56 Å². The van der Waals surface area contributed by atoms with Crippen molar-refractivity contribution in [2.24, 2.45) is 5.92 Å². The van der Waals surface area contributed by atoms with Crippen LogP contribution in [0.2, 0.25) is 0 Å². The summed E-state index contributed by atoms with van der Waals surface area (Å²) in [5.74, 6) is -1.29. The summed E-state index contributed by atoms with van der Waals surface area (Å²) in [6, 6.07) is 7.36. The van der Waals surface area contributed by atoms with Gasteiger partial charge in [0.05, 0.1) is 5.92 Å². The lowest BCUT2D eigenvalue weighted by molar-refractivity contribution is -0.143. The predicted molar refractivity (Wildman–Crippen MR) is 79.9 cm³/mol. The number of amides is 2. The number of carbonyl (C=O) groups is 2. The number of nitrogens with one attached hydrogen (secondary N) is 2. The van der Waals surface area contributed by atoms with Gasteiger partial charge >= 0.3 is 12.0 Å². The Morgan fingerprint density at radius 3 is 2.52 bits per heavy atom. The van der Waals surface area contributed by atoms with Gasteiger partial charge in [0, 0.05) is 12.6 Å². The Labute approximate surface area is 124 Å². The number of carboxylic acid groups (broad SMARTS) is 1. The third kappa shape index (κ3) is 4.48. The molecule has 0 spiro atoms. The monoisotopic (exact) mass is 290 g/mol. The van der Waals surface area contributed by atoms with Crippen molar-refractivity contribution in [2.45, 2.75) is 45.2 Å². The van der Waals surface area contributed by atoms with Crippen LogP contribution in [-0.2, 0) is 11.3 Å². The van der Waals surface area contributed by atoms with Crippen LogP contribution in [0.5, 0.6) is 0 Å². The Hall–Kier alpha value is -2.04. The molecule has 2 unspecified atom stereocenters. The van der Waals surface area contributed by atoms with Crippen LogP contribution in [0.4, 0.5) is 4.79 Å². The van der Waals surface area contributed by atoms with Gasteiger partial charge in [0.15, 0.2) is 0 Å². The number of hydrogen-bond acceptors (Lipinski definition) is 2. The summed E-state index contributed by atoms with van der Waals surface area (Å²) in [4.78, 5) is 23.1. The van der Waals surface area contributed by atoms with E-state index in [9.17, 15) is 14.7 Å². The van der Waals surface area contributed by atoms with Crippen LogP contribution in [0.15, 0.2) is 24.3 Å². The van der Waals surface area contributed by atoms with Crippen molar-refractivity contribution in [3.05, 3.63) is 35.4 Å². The molecule has 5 heteroatoms. The van der Waals surface area contributed by atoms with Gasteiger partial charge in [-0.05, 0) is 25.3 Å². The maximum Gasteiger partial charge on any atom is 0.315 e. The van der Waals surface area contributed by atoms with Crippen LogP contribution in [0.1, 0.15) is 36.8 Å². The maximum atomic E-state index is 11.9. The zero-order valence-corrected chi connectivity index (χ0v) is 12.3. The fourth-order valence-electron chi connectivity index (χ4n) is 2.71. The van der Waals surface area contributed by atoms with E-state index in [-0.39, 0.29) is 12.1 Å². The molecule has 2 amide bonds. The molecule has 1 aromatic carbocycles. The first-order valence-corrected chi connectivity index (χ1v) is 7.39. The van der Waals surface area contributed by atoms with Crippen molar-refractivity contribution >= 4 is 12.0 Å². The summed E-state index contributed by atoms with van der Waals surface area (Å²) in [6.07, 6.45) is 3.25. The lowest BCUT2D eigenvalue weighted by Gasteiger charge is -2.29. The van der Waals surface area contributed by atoms with Crippen molar-refractivity contribution < 1.29 is 14.7 Å². The molecule has 21 heavy (non-hydrogen) atoms. The fraction of sp³-hybridized carbons (Fsp3) is 0.500. The van der Waals surface area contributed by atoms with Crippen molar-refractivity contribution in [1.82, 2.24) is 10.6 Å². The standard InChI is InChI=1S/C16H22N2O3/c1-11-6-8-12(9-7-11)10-17-16(21)18-14-5-3-2-4-13(14)15(19)20/h6-9,13-14H,2-5,10H2,1H3,(H,19,20)(H2,17,18,21). The first-order chi connectivity index (χ1) is 10.1. The Morgan fingerprint density at radius 1 is 1.19 bits per heavy atom. The molecule has 2 atom stereocenters. The molecular weight excluding hydrogens is 268 g/mol. The second kappa shape index (κ2) is 7.11. The van der Waals surface area contributed by atoms with E-state index in [0.29, 0.717) is 13.0 Å². The molecule has 5 nitrogen and oxygen atoms in total. The number of rotatable bonds is 4. The summed E-state index contributed by atoms with van der Waals surface area (Å²) in [7, 11) is 0. The van der Waals surface area contributed by atoms with Crippen LogP contribution >= 0.6 is 0 Å². The molecule has 0 aromatic heterocycles. The van der Waals surface area contributed by atoms with Crippen molar-refractivity contribution in [3.8, 4) is 0 Å². The van der Waals surface area contributed by atoms with Crippen LogP contribution in [-0.4, -0.2) is 23.1 Å². The maximum absolute atomic E-state index is 11.9. The average Bonchev–Trinajstić information content (AvgIpc) is 2.47. The van der Waals surface area contributed by atoms with Gasteiger partial charge < -0.3 is 15.7 Å². The molecule has 0 aliphatic heterocycles. The fourth-order valence-corrected chi connectivity index (χ4v) is 2.71. The van der Waals surface area contributed by atoms with Gasteiger partial charge in [0.2, 0.25) is 0 Å². The summed E-state index contributed by atoms with van der Waals surface area (Å²) in [5, 5.41) is 14.8. The SMILES string of the molecule is Cc1ccc(CNC(=O)NC2CCCCC2C(=O)O)cc1. The van der Waals surface area contributed by atoms with Crippen LogP contribution in [0, 0.1) is 12.8 Å². The summed E-state index contributed by atoms with van der Waals surface area (Å²) in [6.45, 7) is 2.45. The lowest BCUT2D eigenvalue weighted by Crippen LogP contribution is -2.48. The highest BCUT2D eigenvalue weighted by molar-refractivity contribution is 5.76. The number of carbonyl (C=O) groups excluding carboxylic acids is 1. The zero-order valence-electron chi connectivity index (χ0n) is 12.3. The van der Waals surface area contributed by atoms with Crippen LogP contribution in [0.25, 0.3) is 0 Å². The number of carboxylic acids is 1. The molecule has 0 heterocycles. The Morgan fingerprint density at radius 2 is 1.86 bits per heavy atom. The van der Waals surface area contributed by atoms with Crippen molar-refractivity contribution in [1.29, 1.82) is 0 Å². The molecule has 1 aliphatic carbocycles. The molecule has 1 aliphatic rings. The zero-order chi connectivity index (χ0) is 15.2. The molecule has 1 fully saturated rings. The summed E-state index contributed by atoms with van der Waals surface area (Å²) >= 11 is 0. The molecule has 0 saturated heterocycles. The van der Waals surface area contributed by atoms with Gasteiger partial charge in [-0.1, -0.05) is 42.7 Å². The van der Waals surface area contributed by atoms with E-state index in [1.807, 2.05) is 31.2 Å². The van der Waals surface area contributed by atoms with Gasteiger partial charge in [0.1, 0.15) is 0 Å². The molecule has 114 valence electrons. The predicted octanol–water partition coefficient (Wildman–Crippen LogP) is 2.44. The van der Waals surface area contributed by atoms with Gasteiger partial charge in [-0.3, -0.25) is 4.79 Å². The molecule has 2 rings (SSSR count). The molecule has 1 saturated carbocycles. The quantitative estimate of drug-likeness (QED) is 0.797. The minimum absolute atomic E-state index is 0.269. The second-order valence-electron chi connectivity index (χ2n) is 5.65. The number of aliphatic carboxylic acids is 1. The van der Waals surface area contributed by atoms with E-state index >= 15 is 0 Å². The first-order valence-electron chi connectivity index (χ1n) is 7.39. The summed E-state index contributed by atoms with van der Waals surface area (Å²) in [5.41, 5.74) is 2.20. The third-order valence-electron chi connectivity index (χ3n) is 3.97. The normalized spacial score (nSPS) is 21.6. The molecule has 0 bridgehead atoms. The number of aryl methyl sites for hydroxylation is 1. The van der Waals surface area contributed by atoms with Crippen molar-refractivity contribution in [2.75, 3.05) is 0 Å². The van der Waals surface area contributed by atoms with E-state index in [2.05, 4.69) is 10.6 Å². The van der Waals surface area contributed by atoms with Gasteiger partial charge in [0.25, 0.3) is 0 Å². The van der Waals surface area contributed by atoms with Gasteiger partial charge in [-0.2, -0.15) is 0 Å². The largest absolute Gasteiger partial charge is 0.481 e. The van der Waals surface area contributed by atoms with Crippen LogP contribution < -0.4 is 10.6 Å². The highest BCUT2D eigenvalue weighted by atomic mass is 16.4. The average molecular weight is 290 g/mol. The minimum atomic E-state index is -0.821. The van der Waals surface area contributed by atoms with E-state index in [1.54, 1.807) is 0 Å². The topological polar surface area (TPSA) is 78.4 Å². The summed E-state index contributed by atoms with van der Waals surface area (Å²) < 4.78 is 0. The van der Waals surface area contributed by atoms with Gasteiger partial charge in [-0.15, -0.1) is 0 Å². The van der Waals surface area contributed by atoms with Crippen LogP contribution in [0.3, 0.4) is 0 Å². The number of benzene rings is 1. The first kappa shape index (κ1) is 15.4. The lowest BCUT2D eigenvalue weighted by atomic mass is 9.84. The molecule has 1 aromatic rings. The molecular formula is C16H22N2O3. The Kier molecular flexibility index (Phi) is 5.20. The Bertz CT molecular complexity index is 499. The minimum Gasteiger partial charge on any atom is -0.481 e. The second-order valence-corrected chi connectivity index (χ2v) is 5.65. The molecule has 3 N–H and O–H groups in total. The van der Waals surface area contributed by atoms with E-state index < -0.39 is 11.9 Å². The van der Waals surface area contributed by atoms with E-state index in [4.69, 9.17) is 0 Å². The van der Waals surface area contributed by atoms with Crippen molar-refractivity contribution in [3.63, 3.8) is 0 Å². The van der Waals surface area contributed by atoms with E-state index in [0.717, 1.165) is 24.8 Å².